The van der Waals surface area contributed by atoms with Crippen molar-refractivity contribution in [1.29, 1.82) is 0 Å². The number of fused-ring (bicyclic) bond motifs is 2. The second-order valence-electron chi connectivity index (χ2n) is 4.87. The van der Waals surface area contributed by atoms with Gasteiger partial charge in [0, 0.05) is 5.56 Å². The van der Waals surface area contributed by atoms with E-state index in [0.29, 0.717) is 13.2 Å². The minimum absolute atomic E-state index is 0.148. The average molecular weight is 218 g/mol. The first-order valence-electron chi connectivity index (χ1n) is 5.94. The van der Waals surface area contributed by atoms with E-state index in [1.165, 1.54) is 23.1 Å². The predicted molar refractivity (Wildman–Crippen MR) is 57.5 cm³/mol. The van der Waals surface area contributed by atoms with Gasteiger partial charge in [0.1, 0.15) is 24.6 Å². The van der Waals surface area contributed by atoms with Crippen molar-refractivity contribution in [3.63, 3.8) is 0 Å². The lowest BCUT2D eigenvalue weighted by molar-refractivity contribution is -0.0588. The van der Waals surface area contributed by atoms with Crippen molar-refractivity contribution < 1.29 is 14.6 Å². The Morgan fingerprint density at radius 3 is 3.12 bits per heavy atom. The van der Waals surface area contributed by atoms with Crippen LogP contribution < -0.4 is 4.74 Å². The van der Waals surface area contributed by atoms with Gasteiger partial charge in [-0.1, -0.05) is 0 Å². The molecule has 2 atom stereocenters. The van der Waals surface area contributed by atoms with Gasteiger partial charge >= 0.3 is 0 Å². The molecule has 1 N–H and O–H groups in total. The predicted octanol–water partition coefficient (Wildman–Crippen LogP) is 1.50. The molecule has 0 bridgehead atoms. The monoisotopic (exact) mass is 218 g/mol. The molecule has 84 valence electrons. The topological polar surface area (TPSA) is 38.7 Å². The van der Waals surface area contributed by atoms with E-state index in [-0.39, 0.29) is 6.10 Å². The van der Waals surface area contributed by atoms with Crippen LogP contribution >= 0.6 is 0 Å². The molecule has 0 spiro atoms. The van der Waals surface area contributed by atoms with Crippen molar-refractivity contribution in [3.05, 3.63) is 28.3 Å². The highest BCUT2D eigenvalue weighted by Crippen LogP contribution is 2.46. The molecule has 0 fully saturated rings. The van der Waals surface area contributed by atoms with E-state index >= 15 is 0 Å². The van der Waals surface area contributed by atoms with Gasteiger partial charge in [-0.3, -0.25) is 0 Å². The number of aryl methyl sites for hydroxylation is 1. The smallest absolute Gasteiger partial charge is 0.126 e. The van der Waals surface area contributed by atoms with E-state index < -0.39 is 6.10 Å². The Hall–Kier alpha value is -1.06. The highest BCUT2D eigenvalue weighted by Gasteiger charge is 2.39. The first-order valence-corrected chi connectivity index (χ1v) is 5.94. The van der Waals surface area contributed by atoms with Crippen LogP contribution in [-0.2, 0) is 24.2 Å². The van der Waals surface area contributed by atoms with Crippen LogP contribution in [0.25, 0.3) is 0 Å². The molecule has 1 aromatic carbocycles. The summed E-state index contributed by atoms with van der Waals surface area (Å²) in [6, 6.07) is 2.16. The Kier molecular flexibility index (Phi) is 1.69. The number of rotatable bonds is 0. The van der Waals surface area contributed by atoms with E-state index in [4.69, 9.17) is 9.47 Å². The van der Waals surface area contributed by atoms with Crippen LogP contribution in [0.1, 0.15) is 34.8 Å². The van der Waals surface area contributed by atoms with E-state index in [9.17, 15) is 5.11 Å². The molecule has 2 aliphatic heterocycles. The van der Waals surface area contributed by atoms with Crippen LogP contribution in [0.3, 0.4) is 0 Å². The van der Waals surface area contributed by atoms with Crippen molar-refractivity contribution in [2.75, 3.05) is 6.61 Å². The van der Waals surface area contributed by atoms with Crippen LogP contribution in [0.4, 0.5) is 0 Å². The fraction of sp³-hybridized carbons (Fsp3) is 0.538. The van der Waals surface area contributed by atoms with E-state index in [1.807, 2.05) is 0 Å². The maximum absolute atomic E-state index is 9.85. The highest BCUT2D eigenvalue weighted by atomic mass is 16.5. The van der Waals surface area contributed by atoms with E-state index in [0.717, 1.165) is 24.2 Å². The Morgan fingerprint density at radius 2 is 2.19 bits per heavy atom. The number of benzene rings is 1. The van der Waals surface area contributed by atoms with Crippen molar-refractivity contribution in [1.82, 2.24) is 0 Å². The van der Waals surface area contributed by atoms with Gasteiger partial charge in [0.25, 0.3) is 0 Å². The summed E-state index contributed by atoms with van der Waals surface area (Å²) in [5, 5.41) is 9.85. The summed E-state index contributed by atoms with van der Waals surface area (Å²) in [6.07, 6.45) is 2.90. The van der Waals surface area contributed by atoms with Crippen molar-refractivity contribution in [2.45, 2.75) is 38.1 Å². The zero-order valence-corrected chi connectivity index (χ0v) is 9.03. The summed E-state index contributed by atoms with van der Waals surface area (Å²) in [5.41, 5.74) is 5.31. The molecule has 0 radical (unpaired) electrons. The molecule has 4 rings (SSSR count). The molecule has 0 saturated heterocycles. The minimum atomic E-state index is -0.506. The van der Waals surface area contributed by atoms with Crippen molar-refractivity contribution in [2.24, 2.45) is 0 Å². The molecule has 3 aliphatic rings. The normalized spacial score (nSPS) is 29.8. The van der Waals surface area contributed by atoms with Gasteiger partial charge in [-0.2, -0.15) is 0 Å². The molecule has 3 nitrogen and oxygen atoms in total. The van der Waals surface area contributed by atoms with Gasteiger partial charge in [-0.15, -0.1) is 0 Å². The van der Waals surface area contributed by atoms with Gasteiger partial charge in [0.05, 0.1) is 6.61 Å². The molecule has 2 heterocycles. The van der Waals surface area contributed by atoms with Crippen molar-refractivity contribution in [3.8, 4) is 5.75 Å². The number of aliphatic hydroxyl groups excluding tert-OH is 1. The number of hydrogen-bond acceptors (Lipinski definition) is 3. The van der Waals surface area contributed by atoms with Crippen LogP contribution in [0.5, 0.6) is 5.75 Å². The first kappa shape index (κ1) is 9.02. The summed E-state index contributed by atoms with van der Waals surface area (Å²) in [6.45, 7) is 1.01. The number of aliphatic hydroxyl groups is 1. The lowest BCUT2D eigenvalue weighted by Gasteiger charge is -2.27. The van der Waals surface area contributed by atoms with Crippen LogP contribution in [0.15, 0.2) is 6.07 Å². The zero-order valence-electron chi connectivity index (χ0n) is 9.03. The van der Waals surface area contributed by atoms with Crippen LogP contribution in [-0.4, -0.2) is 17.8 Å². The third-order valence-corrected chi connectivity index (χ3v) is 3.97. The molecule has 1 aliphatic carbocycles. The fourth-order valence-electron chi connectivity index (χ4n) is 3.24. The van der Waals surface area contributed by atoms with Gasteiger partial charge in [-0.05, 0) is 42.0 Å². The maximum atomic E-state index is 9.85. The lowest BCUT2D eigenvalue weighted by Crippen LogP contribution is -2.30. The van der Waals surface area contributed by atoms with Gasteiger partial charge in [0.15, 0.2) is 0 Å². The van der Waals surface area contributed by atoms with Gasteiger partial charge in [0.2, 0.25) is 0 Å². The van der Waals surface area contributed by atoms with Crippen LogP contribution in [0.2, 0.25) is 0 Å². The first-order chi connectivity index (χ1) is 7.84. The lowest BCUT2D eigenvalue weighted by atomic mass is 9.92. The molecule has 16 heavy (non-hydrogen) atoms. The van der Waals surface area contributed by atoms with Crippen LogP contribution in [0, 0.1) is 0 Å². The minimum Gasteiger partial charge on any atom is -0.490 e. The second-order valence-corrected chi connectivity index (χ2v) is 4.87. The fourth-order valence-corrected chi connectivity index (χ4v) is 3.24. The number of ether oxygens (including phenoxy) is 2. The quantitative estimate of drug-likeness (QED) is 0.717. The summed E-state index contributed by atoms with van der Waals surface area (Å²) in [5.74, 6) is 0.948. The molecule has 0 aromatic heterocycles. The summed E-state index contributed by atoms with van der Waals surface area (Å²) in [7, 11) is 0. The molecule has 3 heteroatoms. The summed E-state index contributed by atoms with van der Waals surface area (Å²) in [4.78, 5) is 0. The molecule has 0 amide bonds. The molecular weight excluding hydrogens is 204 g/mol. The zero-order chi connectivity index (χ0) is 10.7. The van der Waals surface area contributed by atoms with Gasteiger partial charge in [-0.25, -0.2) is 0 Å². The average Bonchev–Trinajstić information content (AvgIpc) is 2.89. The number of hydrogen-bond donors (Lipinski definition) is 1. The molecule has 0 unspecified atom stereocenters. The molecular formula is C13H14O3. The van der Waals surface area contributed by atoms with Gasteiger partial charge < -0.3 is 14.6 Å². The summed E-state index contributed by atoms with van der Waals surface area (Å²) >= 11 is 0. The highest BCUT2D eigenvalue weighted by molar-refractivity contribution is 5.54. The third kappa shape index (κ3) is 1.00. The largest absolute Gasteiger partial charge is 0.490 e. The standard InChI is InChI=1S/C13H14O3/c14-10-6-15-11-4-7-2-1-3-8(7)9-5-16-13(10)12(9)11/h4,10,13-14H,1-3,5-6H2/t10-,13-/m1/s1. The Labute approximate surface area is 94.0 Å². The SMILES string of the molecule is O[C@@H]1COc2cc3c(c4c2[C@@H]1OC4)CCC3. The Balaban J connectivity index is 1.98. The third-order valence-electron chi connectivity index (χ3n) is 3.97. The van der Waals surface area contributed by atoms with E-state index in [1.54, 1.807) is 0 Å². The summed E-state index contributed by atoms with van der Waals surface area (Å²) < 4.78 is 11.3. The molecule has 0 saturated carbocycles. The van der Waals surface area contributed by atoms with Crippen molar-refractivity contribution >= 4 is 0 Å². The maximum Gasteiger partial charge on any atom is 0.126 e. The van der Waals surface area contributed by atoms with E-state index in [2.05, 4.69) is 6.07 Å². The molecule has 1 aromatic rings. The Bertz CT molecular complexity index is 467. The second kappa shape index (κ2) is 2.99. The Morgan fingerprint density at radius 1 is 1.25 bits per heavy atom.